The highest BCUT2D eigenvalue weighted by Crippen LogP contribution is 2.36. The lowest BCUT2D eigenvalue weighted by molar-refractivity contribution is -0.132. The maximum atomic E-state index is 12.7. The fourth-order valence-corrected chi connectivity index (χ4v) is 3.42. The lowest BCUT2D eigenvalue weighted by Gasteiger charge is -2.33. The van der Waals surface area contributed by atoms with Gasteiger partial charge in [0.25, 0.3) is 5.91 Å². The molecule has 1 aliphatic carbocycles. The van der Waals surface area contributed by atoms with Crippen LogP contribution < -0.4 is 14.8 Å². The van der Waals surface area contributed by atoms with Gasteiger partial charge in [0.15, 0.2) is 0 Å². The van der Waals surface area contributed by atoms with Crippen molar-refractivity contribution in [2.45, 2.75) is 51.4 Å². The summed E-state index contributed by atoms with van der Waals surface area (Å²) in [4.78, 5) is 25.0. The molecule has 1 saturated carbocycles. The molecule has 0 atom stereocenters. The largest absolute Gasteiger partial charge is 0.435 e. The standard InChI is InChI=1S/C18H19F4N3O4/c1-10-4-6-18(7-5-10)14(26)25(17(27)24-18)23-9-11-2-3-12(28-15(19)20)8-13(11)29-16(21)22/h2-3,8-10,15-16H,4-7H2,1H3,(H,24,27)/b23-9+. The Morgan fingerprint density at radius 3 is 2.45 bits per heavy atom. The maximum Gasteiger partial charge on any atom is 0.387 e. The van der Waals surface area contributed by atoms with Gasteiger partial charge >= 0.3 is 19.3 Å². The highest BCUT2D eigenvalue weighted by atomic mass is 19.3. The van der Waals surface area contributed by atoms with Crippen LogP contribution in [-0.2, 0) is 4.79 Å². The van der Waals surface area contributed by atoms with Crippen molar-refractivity contribution in [3.63, 3.8) is 0 Å². The number of benzene rings is 1. The molecule has 2 fully saturated rings. The van der Waals surface area contributed by atoms with Gasteiger partial charge in [-0.2, -0.15) is 22.7 Å². The van der Waals surface area contributed by atoms with Crippen LogP contribution in [0.5, 0.6) is 11.5 Å². The summed E-state index contributed by atoms with van der Waals surface area (Å²) in [5.41, 5.74) is -1.05. The quantitative estimate of drug-likeness (QED) is 0.435. The van der Waals surface area contributed by atoms with Crippen LogP contribution in [0.1, 0.15) is 38.2 Å². The summed E-state index contributed by atoms with van der Waals surface area (Å²) in [6, 6.07) is 2.38. The third kappa shape index (κ3) is 4.60. The van der Waals surface area contributed by atoms with Gasteiger partial charge in [-0.15, -0.1) is 5.01 Å². The van der Waals surface area contributed by atoms with Crippen LogP contribution in [0.2, 0.25) is 0 Å². The molecule has 3 amide bonds. The normalized spacial score (nSPS) is 24.8. The Morgan fingerprint density at radius 2 is 1.83 bits per heavy atom. The van der Waals surface area contributed by atoms with Crippen molar-refractivity contribution in [1.82, 2.24) is 10.3 Å². The Kier molecular flexibility index (Phi) is 5.94. The van der Waals surface area contributed by atoms with Gasteiger partial charge in [-0.1, -0.05) is 6.92 Å². The molecule has 1 saturated heterocycles. The summed E-state index contributed by atoms with van der Waals surface area (Å²) >= 11 is 0. The molecule has 1 spiro atoms. The van der Waals surface area contributed by atoms with Crippen molar-refractivity contribution in [2.24, 2.45) is 11.0 Å². The lowest BCUT2D eigenvalue weighted by atomic mass is 9.77. The molecule has 0 aromatic heterocycles. The SMILES string of the molecule is CC1CCC2(CC1)NC(=O)N(/N=C/c1ccc(OC(F)F)cc1OC(F)F)C2=O. The molecule has 1 aliphatic heterocycles. The maximum absolute atomic E-state index is 12.7. The molecule has 0 unspecified atom stereocenters. The Morgan fingerprint density at radius 1 is 1.17 bits per heavy atom. The predicted molar refractivity (Wildman–Crippen MR) is 93.0 cm³/mol. The number of halogens is 4. The molecule has 158 valence electrons. The van der Waals surface area contributed by atoms with Gasteiger partial charge in [-0.3, -0.25) is 4.79 Å². The average molecular weight is 417 g/mol. The number of nitrogens with one attached hydrogen (secondary N) is 1. The number of amides is 3. The number of imide groups is 1. The van der Waals surface area contributed by atoms with E-state index in [9.17, 15) is 27.2 Å². The number of urea groups is 1. The molecular formula is C18H19F4N3O4. The van der Waals surface area contributed by atoms with E-state index in [0.29, 0.717) is 23.8 Å². The van der Waals surface area contributed by atoms with Crippen LogP contribution in [0.25, 0.3) is 0 Å². The summed E-state index contributed by atoms with van der Waals surface area (Å²) in [5, 5.41) is 7.13. The average Bonchev–Trinajstić information content (AvgIpc) is 2.86. The molecular weight excluding hydrogens is 398 g/mol. The zero-order chi connectivity index (χ0) is 21.2. The molecule has 1 aromatic carbocycles. The summed E-state index contributed by atoms with van der Waals surface area (Å²) in [7, 11) is 0. The molecule has 7 nitrogen and oxygen atoms in total. The lowest BCUT2D eigenvalue weighted by Crippen LogP contribution is -2.49. The Hall–Kier alpha value is -2.85. The van der Waals surface area contributed by atoms with E-state index in [2.05, 4.69) is 26.8 Å². The minimum absolute atomic E-state index is 0.0502. The summed E-state index contributed by atoms with van der Waals surface area (Å²) in [5.74, 6) is -0.946. The van der Waals surface area contributed by atoms with E-state index in [-0.39, 0.29) is 5.56 Å². The Bertz CT molecular complexity index is 810. The number of alkyl halides is 4. The molecule has 1 heterocycles. The Balaban J connectivity index is 1.81. The molecule has 0 radical (unpaired) electrons. The van der Waals surface area contributed by atoms with E-state index < -0.39 is 42.2 Å². The number of hydrogen-bond acceptors (Lipinski definition) is 5. The number of hydrogen-bond donors (Lipinski definition) is 1. The van der Waals surface area contributed by atoms with Crippen molar-refractivity contribution in [2.75, 3.05) is 0 Å². The highest BCUT2D eigenvalue weighted by Gasteiger charge is 2.52. The predicted octanol–water partition coefficient (Wildman–Crippen LogP) is 3.72. The number of carbonyl (C=O) groups is 2. The van der Waals surface area contributed by atoms with Crippen molar-refractivity contribution in [1.29, 1.82) is 0 Å². The van der Waals surface area contributed by atoms with Crippen LogP contribution >= 0.6 is 0 Å². The minimum atomic E-state index is -3.23. The number of rotatable bonds is 6. The first-order valence-corrected chi connectivity index (χ1v) is 8.94. The molecule has 29 heavy (non-hydrogen) atoms. The third-order valence-electron chi connectivity index (χ3n) is 5.01. The minimum Gasteiger partial charge on any atom is -0.435 e. The smallest absolute Gasteiger partial charge is 0.387 e. The number of hydrazone groups is 1. The number of ether oxygens (including phenoxy) is 2. The van der Waals surface area contributed by atoms with Gasteiger partial charge in [0, 0.05) is 11.6 Å². The first-order chi connectivity index (χ1) is 13.7. The van der Waals surface area contributed by atoms with E-state index >= 15 is 0 Å². The van der Waals surface area contributed by atoms with Gasteiger partial charge in [0.1, 0.15) is 17.0 Å². The topological polar surface area (TPSA) is 80.2 Å². The van der Waals surface area contributed by atoms with Crippen LogP contribution in [-0.4, -0.2) is 41.9 Å². The monoisotopic (exact) mass is 417 g/mol. The zero-order valence-electron chi connectivity index (χ0n) is 15.4. The highest BCUT2D eigenvalue weighted by molar-refractivity contribution is 6.07. The van der Waals surface area contributed by atoms with Gasteiger partial charge in [-0.25, -0.2) is 4.79 Å². The number of carbonyl (C=O) groups excluding carboxylic acids is 2. The first kappa shape index (κ1) is 20.9. The van der Waals surface area contributed by atoms with Crippen LogP contribution in [0.4, 0.5) is 22.4 Å². The first-order valence-electron chi connectivity index (χ1n) is 8.94. The van der Waals surface area contributed by atoms with Crippen molar-refractivity contribution in [3.05, 3.63) is 23.8 Å². The zero-order valence-corrected chi connectivity index (χ0v) is 15.4. The Labute approximate surface area is 163 Å². The summed E-state index contributed by atoms with van der Waals surface area (Å²) in [6.45, 7) is -4.31. The van der Waals surface area contributed by atoms with Crippen LogP contribution in [0.3, 0.4) is 0 Å². The molecule has 1 N–H and O–H groups in total. The summed E-state index contributed by atoms with van der Waals surface area (Å²) < 4.78 is 58.4. The van der Waals surface area contributed by atoms with Crippen LogP contribution in [0.15, 0.2) is 23.3 Å². The van der Waals surface area contributed by atoms with Crippen molar-refractivity contribution >= 4 is 18.2 Å². The fourth-order valence-electron chi connectivity index (χ4n) is 3.42. The molecule has 2 aliphatic rings. The van der Waals surface area contributed by atoms with E-state index in [1.165, 1.54) is 0 Å². The van der Waals surface area contributed by atoms with E-state index in [1.54, 1.807) is 0 Å². The fraction of sp³-hybridized carbons (Fsp3) is 0.500. The van der Waals surface area contributed by atoms with E-state index in [1.807, 2.05) is 0 Å². The van der Waals surface area contributed by atoms with Gasteiger partial charge in [0.05, 0.1) is 6.21 Å². The van der Waals surface area contributed by atoms with E-state index in [0.717, 1.165) is 37.3 Å². The van der Waals surface area contributed by atoms with Crippen LogP contribution in [0, 0.1) is 5.92 Å². The van der Waals surface area contributed by atoms with E-state index in [4.69, 9.17) is 0 Å². The number of nitrogens with zero attached hydrogens (tertiary/aromatic N) is 2. The second kappa shape index (κ2) is 8.26. The third-order valence-corrected chi connectivity index (χ3v) is 5.01. The second-order valence-corrected chi connectivity index (χ2v) is 7.01. The van der Waals surface area contributed by atoms with Crippen molar-refractivity contribution in [3.8, 4) is 11.5 Å². The molecule has 1 aromatic rings. The van der Waals surface area contributed by atoms with Gasteiger partial charge in [-0.05, 0) is 43.7 Å². The van der Waals surface area contributed by atoms with Crippen molar-refractivity contribution < 1.29 is 36.6 Å². The van der Waals surface area contributed by atoms with Gasteiger partial charge < -0.3 is 14.8 Å². The molecule has 0 bridgehead atoms. The molecule has 11 heteroatoms. The summed E-state index contributed by atoms with van der Waals surface area (Å²) in [6.07, 6.45) is 3.52. The molecule has 3 rings (SSSR count). The van der Waals surface area contributed by atoms with Gasteiger partial charge in [0.2, 0.25) is 0 Å². The second-order valence-electron chi connectivity index (χ2n) is 7.01.